The van der Waals surface area contributed by atoms with Crippen molar-refractivity contribution in [2.45, 2.75) is 12.0 Å². The maximum absolute atomic E-state index is 12.7. The molecule has 0 aliphatic rings. The van der Waals surface area contributed by atoms with Crippen molar-refractivity contribution in [1.29, 1.82) is 0 Å². The lowest BCUT2D eigenvalue weighted by atomic mass is 10.3. The van der Waals surface area contributed by atoms with Crippen LogP contribution in [-0.2, 0) is 0 Å². The van der Waals surface area contributed by atoms with E-state index < -0.39 is 25.2 Å². The second-order valence-electron chi connectivity index (χ2n) is 4.29. The van der Waals surface area contributed by atoms with E-state index in [4.69, 9.17) is 14.6 Å². The molecule has 1 unspecified atom stereocenters. The zero-order chi connectivity index (χ0) is 15.0. The Bertz CT molecular complexity index is 386. The van der Waals surface area contributed by atoms with E-state index in [0.717, 1.165) is 0 Å². The van der Waals surface area contributed by atoms with Crippen LogP contribution in [-0.4, -0.2) is 55.7 Å². The third-order valence-electron chi connectivity index (χ3n) is 2.50. The summed E-state index contributed by atoms with van der Waals surface area (Å²) in [5.41, 5.74) is 0. The predicted octanol–water partition coefficient (Wildman–Crippen LogP) is 0.652. The summed E-state index contributed by atoms with van der Waals surface area (Å²) in [5, 5.41) is 20.3. The standard InChI is InChI=1S/C13H19F2NO4/c1-19-11-2-4-12(5-3-11)20-7-10(18)6-16-8-13(14,15)9-17/h2-5,10,16-18H,6-9H2,1H3. The molecule has 5 nitrogen and oxygen atoms in total. The van der Waals surface area contributed by atoms with Crippen LogP contribution in [0.1, 0.15) is 0 Å². The molecule has 7 heteroatoms. The lowest BCUT2D eigenvalue weighted by molar-refractivity contribution is -0.0493. The summed E-state index contributed by atoms with van der Waals surface area (Å²) in [6, 6.07) is 6.78. The van der Waals surface area contributed by atoms with Gasteiger partial charge in [-0.2, -0.15) is 0 Å². The van der Waals surface area contributed by atoms with Gasteiger partial charge in [0.25, 0.3) is 5.92 Å². The summed E-state index contributed by atoms with van der Waals surface area (Å²) in [6.07, 6.45) is -0.924. The van der Waals surface area contributed by atoms with Crippen LogP contribution in [0.15, 0.2) is 24.3 Å². The zero-order valence-electron chi connectivity index (χ0n) is 11.2. The SMILES string of the molecule is COc1ccc(OCC(O)CNCC(F)(F)CO)cc1. The Labute approximate surface area is 116 Å². The molecule has 20 heavy (non-hydrogen) atoms. The number of methoxy groups -OCH3 is 1. The van der Waals surface area contributed by atoms with Crippen LogP contribution >= 0.6 is 0 Å². The highest BCUT2D eigenvalue weighted by atomic mass is 19.3. The number of benzene rings is 1. The molecule has 0 saturated carbocycles. The molecule has 1 aromatic rings. The molecule has 0 aliphatic heterocycles. The maximum atomic E-state index is 12.7. The molecule has 0 bridgehead atoms. The average molecular weight is 291 g/mol. The largest absolute Gasteiger partial charge is 0.497 e. The molecule has 1 atom stereocenters. The highest BCUT2D eigenvalue weighted by Crippen LogP contribution is 2.17. The van der Waals surface area contributed by atoms with Gasteiger partial charge in [0.1, 0.15) is 30.8 Å². The van der Waals surface area contributed by atoms with Crippen LogP contribution in [0, 0.1) is 0 Å². The summed E-state index contributed by atoms with van der Waals surface area (Å²) >= 11 is 0. The monoisotopic (exact) mass is 291 g/mol. The number of halogens is 2. The topological polar surface area (TPSA) is 71.0 Å². The van der Waals surface area contributed by atoms with Crippen molar-refractivity contribution in [3.8, 4) is 11.5 Å². The smallest absolute Gasteiger partial charge is 0.282 e. The first-order valence-corrected chi connectivity index (χ1v) is 6.11. The lowest BCUT2D eigenvalue weighted by Crippen LogP contribution is -2.40. The predicted molar refractivity (Wildman–Crippen MR) is 69.4 cm³/mol. The van der Waals surface area contributed by atoms with Crippen molar-refractivity contribution in [3.63, 3.8) is 0 Å². The number of aliphatic hydroxyl groups excluding tert-OH is 2. The third kappa shape index (κ3) is 6.14. The highest BCUT2D eigenvalue weighted by Gasteiger charge is 2.27. The summed E-state index contributed by atoms with van der Waals surface area (Å²) in [6.45, 7) is -1.99. The van der Waals surface area contributed by atoms with E-state index in [9.17, 15) is 13.9 Å². The van der Waals surface area contributed by atoms with E-state index in [1.807, 2.05) is 0 Å². The Balaban J connectivity index is 2.23. The molecular formula is C13H19F2NO4. The van der Waals surface area contributed by atoms with Crippen molar-refractivity contribution in [2.75, 3.05) is 33.4 Å². The van der Waals surface area contributed by atoms with Crippen LogP contribution in [0.2, 0.25) is 0 Å². The van der Waals surface area contributed by atoms with Crippen molar-refractivity contribution in [3.05, 3.63) is 24.3 Å². The van der Waals surface area contributed by atoms with Gasteiger partial charge in [0.2, 0.25) is 0 Å². The van der Waals surface area contributed by atoms with Gasteiger partial charge in [-0.05, 0) is 24.3 Å². The fourth-order valence-corrected chi connectivity index (χ4v) is 1.40. The molecule has 114 valence electrons. The average Bonchev–Trinajstić information content (AvgIpc) is 2.45. The number of ether oxygens (including phenoxy) is 2. The molecule has 0 radical (unpaired) electrons. The van der Waals surface area contributed by atoms with Crippen molar-refractivity contribution >= 4 is 0 Å². The molecule has 0 saturated heterocycles. The van der Waals surface area contributed by atoms with Gasteiger partial charge in [-0.1, -0.05) is 0 Å². The van der Waals surface area contributed by atoms with Gasteiger partial charge >= 0.3 is 0 Å². The van der Waals surface area contributed by atoms with Gasteiger partial charge in [-0.25, -0.2) is 8.78 Å². The molecule has 0 heterocycles. The highest BCUT2D eigenvalue weighted by molar-refractivity contribution is 5.31. The first-order valence-electron chi connectivity index (χ1n) is 6.11. The van der Waals surface area contributed by atoms with E-state index >= 15 is 0 Å². The van der Waals surface area contributed by atoms with Crippen LogP contribution < -0.4 is 14.8 Å². The third-order valence-corrected chi connectivity index (χ3v) is 2.50. The van der Waals surface area contributed by atoms with Gasteiger partial charge in [0, 0.05) is 6.54 Å². The summed E-state index contributed by atoms with van der Waals surface area (Å²) in [7, 11) is 1.55. The van der Waals surface area contributed by atoms with Gasteiger partial charge in [0.05, 0.1) is 13.7 Å². The van der Waals surface area contributed by atoms with E-state index in [1.165, 1.54) is 0 Å². The fraction of sp³-hybridized carbons (Fsp3) is 0.538. The van der Waals surface area contributed by atoms with E-state index in [0.29, 0.717) is 11.5 Å². The van der Waals surface area contributed by atoms with Gasteiger partial charge < -0.3 is 25.0 Å². The number of hydrogen-bond acceptors (Lipinski definition) is 5. The Kier molecular flexibility index (Phi) is 6.63. The van der Waals surface area contributed by atoms with E-state index in [1.54, 1.807) is 31.4 Å². The van der Waals surface area contributed by atoms with Crippen LogP contribution in [0.5, 0.6) is 11.5 Å². The Hall–Kier alpha value is -1.44. The Morgan fingerprint density at radius 2 is 1.85 bits per heavy atom. The Morgan fingerprint density at radius 3 is 2.40 bits per heavy atom. The van der Waals surface area contributed by atoms with Crippen molar-refractivity contribution < 1.29 is 28.5 Å². The molecule has 0 aliphatic carbocycles. The Morgan fingerprint density at radius 1 is 1.25 bits per heavy atom. The fourth-order valence-electron chi connectivity index (χ4n) is 1.40. The molecule has 1 aromatic carbocycles. The van der Waals surface area contributed by atoms with Gasteiger partial charge in [-0.15, -0.1) is 0 Å². The van der Waals surface area contributed by atoms with Gasteiger partial charge in [0.15, 0.2) is 0 Å². The number of hydrogen-bond donors (Lipinski definition) is 3. The van der Waals surface area contributed by atoms with E-state index in [2.05, 4.69) is 5.32 Å². The summed E-state index contributed by atoms with van der Waals surface area (Å²) in [5.74, 6) is -1.95. The first kappa shape index (κ1) is 16.6. The molecule has 0 fully saturated rings. The van der Waals surface area contributed by atoms with Crippen LogP contribution in [0.4, 0.5) is 8.78 Å². The lowest BCUT2D eigenvalue weighted by Gasteiger charge is -2.17. The molecule has 0 aromatic heterocycles. The number of rotatable bonds is 9. The minimum atomic E-state index is -3.18. The molecule has 1 rings (SSSR count). The second-order valence-corrected chi connectivity index (χ2v) is 4.29. The molecular weight excluding hydrogens is 272 g/mol. The number of nitrogens with one attached hydrogen (secondary N) is 1. The van der Waals surface area contributed by atoms with Crippen molar-refractivity contribution in [2.24, 2.45) is 0 Å². The van der Waals surface area contributed by atoms with Crippen LogP contribution in [0.3, 0.4) is 0 Å². The normalized spacial score (nSPS) is 13.1. The van der Waals surface area contributed by atoms with E-state index in [-0.39, 0.29) is 13.2 Å². The minimum absolute atomic E-state index is 0.0238. The summed E-state index contributed by atoms with van der Waals surface area (Å²) < 4.78 is 35.7. The molecule has 0 amide bonds. The second kappa shape index (κ2) is 7.98. The first-order chi connectivity index (χ1) is 9.46. The van der Waals surface area contributed by atoms with Crippen LogP contribution in [0.25, 0.3) is 0 Å². The van der Waals surface area contributed by atoms with Gasteiger partial charge in [-0.3, -0.25) is 0 Å². The van der Waals surface area contributed by atoms with Crippen molar-refractivity contribution in [1.82, 2.24) is 5.32 Å². The number of aliphatic hydroxyl groups is 2. The quantitative estimate of drug-likeness (QED) is 0.623. The zero-order valence-corrected chi connectivity index (χ0v) is 11.2. The molecule has 3 N–H and O–H groups in total. The molecule has 0 spiro atoms. The summed E-state index contributed by atoms with van der Waals surface area (Å²) in [4.78, 5) is 0. The minimum Gasteiger partial charge on any atom is -0.497 e. The maximum Gasteiger partial charge on any atom is 0.282 e. The number of alkyl halides is 2.